The van der Waals surface area contributed by atoms with E-state index < -0.39 is 52.2 Å². The molecule has 3 heterocycles. The van der Waals surface area contributed by atoms with E-state index in [-0.39, 0.29) is 48.8 Å². The first-order valence-corrected chi connectivity index (χ1v) is 16.0. The summed E-state index contributed by atoms with van der Waals surface area (Å²) in [5.41, 5.74) is -3.39. The number of likely N-dealkylation sites (tertiary alicyclic amines) is 1. The van der Waals surface area contributed by atoms with Gasteiger partial charge in [-0.2, -0.15) is 0 Å². The standard InChI is InChI=1S/C36H44F3N5O5/c1-20(23-11-10-12-25(28(23)37)30(38)39)40-31-26-19-27(36(48)15-17-44(18-16-36)22(3)45)32(46)43(9)29(26)24(21(2)41-31)13-14-35(7,8)42-33(47)49-34(4,5)6/h10-12,19-20,30,48H,15-18H2,1-9H3,(H,40,41)(H,42,47)/t20-/m1/s1. The summed E-state index contributed by atoms with van der Waals surface area (Å²) < 4.78 is 49.0. The van der Waals surface area contributed by atoms with Crippen LogP contribution in [0.3, 0.4) is 0 Å². The molecule has 264 valence electrons. The fourth-order valence-corrected chi connectivity index (χ4v) is 5.89. The van der Waals surface area contributed by atoms with Crippen molar-refractivity contribution >= 4 is 28.7 Å². The Morgan fingerprint density at radius 2 is 1.73 bits per heavy atom. The third-order valence-electron chi connectivity index (χ3n) is 8.51. The van der Waals surface area contributed by atoms with Crippen LogP contribution in [0, 0.1) is 24.6 Å². The highest BCUT2D eigenvalue weighted by molar-refractivity contribution is 5.95. The number of aliphatic hydroxyl groups is 1. The summed E-state index contributed by atoms with van der Waals surface area (Å²) in [5, 5.41) is 18.0. The topological polar surface area (TPSA) is 126 Å². The average Bonchev–Trinajstić information content (AvgIpc) is 2.97. The maximum absolute atomic E-state index is 15.2. The minimum atomic E-state index is -3.01. The van der Waals surface area contributed by atoms with E-state index >= 15 is 4.39 Å². The number of ether oxygens (including phenoxy) is 1. The van der Waals surface area contributed by atoms with Crippen LogP contribution in [0.25, 0.3) is 10.9 Å². The van der Waals surface area contributed by atoms with E-state index in [1.807, 2.05) is 0 Å². The summed E-state index contributed by atoms with van der Waals surface area (Å²) in [6.45, 7) is 13.8. The summed E-state index contributed by atoms with van der Waals surface area (Å²) in [5.74, 6) is 5.15. The lowest BCUT2D eigenvalue weighted by Crippen LogP contribution is -2.47. The van der Waals surface area contributed by atoms with Crippen LogP contribution in [0.15, 0.2) is 29.1 Å². The van der Waals surface area contributed by atoms with Gasteiger partial charge in [0.2, 0.25) is 5.91 Å². The Bertz CT molecular complexity index is 1900. The maximum Gasteiger partial charge on any atom is 0.408 e. The molecule has 1 aliphatic rings. The van der Waals surface area contributed by atoms with E-state index in [9.17, 15) is 28.3 Å². The number of carbonyl (C=O) groups excluding carboxylic acids is 2. The third-order valence-corrected chi connectivity index (χ3v) is 8.51. The Morgan fingerprint density at radius 1 is 1.12 bits per heavy atom. The number of alkyl halides is 2. The number of nitrogens with zero attached hydrogens (tertiary/aromatic N) is 3. The van der Waals surface area contributed by atoms with Crippen LogP contribution in [0.2, 0.25) is 0 Å². The van der Waals surface area contributed by atoms with Gasteiger partial charge in [-0.3, -0.25) is 9.59 Å². The number of pyridine rings is 2. The van der Waals surface area contributed by atoms with Gasteiger partial charge >= 0.3 is 6.09 Å². The summed E-state index contributed by atoms with van der Waals surface area (Å²) in [4.78, 5) is 44.8. The molecule has 2 aromatic heterocycles. The number of hydrogen-bond donors (Lipinski definition) is 3. The van der Waals surface area contributed by atoms with Gasteiger partial charge in [-0.1, -0.05) is 30.0 Å². The van der Waals surface area contributed by atoms with E-state index in [0.717, 1.165) is 6.07 Å². The van der Waals surface area contributed by atoms with E-state index in [2.05, 4.69) is 22.5 Å². The number of aromatic nitrogens is 2. The highest BCUT2D eigenvalue weighted by atomic mass is 19.3. The van der Waals surface area contributed by atoms with E-state index in [0.29, 0.717) is 22.2 Å². The molecule has 0 saturated carbocycles. The number of nitrogens with one attached hydrogen (secondary N) is 2. The summed E-state index contributed by atoms with van der Waals surface area (Å²) >= 11 is 0. The van der Waals surface area contributed by atoms with Crippen molar-refractivity contribution in [3.05, 3.63) is 68.4 Å². The van der Waals surface area contributed by atoms with Crippen LogP contribution in [0.1, 0.15) is 102 Å². The fraction of sp³-hybridized carbons (Fsp3) is 0.500. The molecule has 1 saturated heterocycles. The second-order valence-corrected chi connectivity index (χ2v) is 14.1. The lowest BCUT2D eigenvalue weighted by atomic mass is 9.84. The number of fused-ring (bicyclic) bond motifs is 1. The van der Waals surface area contributed by atoms with Crippen molar-refractivity contribution in [2.24, 2.45) is 7.05 Å². The van der Waals surface area contributed by atoms with Crippen molar-refractivity contribution in [2.45, 2.75) is 97.4 Å². The van der Waals surface area contributed by atoms with Gasteiger partial charge in [0.15, 0.2) is 0 Å². The molecular formula is C36H44F3N5O5. The Morgan fingerprint density at radius 3 is 2.31 bits per heavy atom. The molecule has 1 aliphatic heterocycles. The first-order chi connectivity index (χ1) is 22.6. The van der Waals surface area contributed by atoms with Crippen molar-refractivity contribution in [1.82, 2.24) is 19.8 Å². The lowest BCUT2D eigenvalue weighted by molar-refractivity contribution is -0.133. The Kier molecular flexibility index (Phi) is 10.4. The van der Waals surface area contributed by atoms with E-state index in [1.165, 1.54) is 36.7 Å². The van der Waals surface area contributed by atoms with Crippen LogP contribution in [0.5, 0.6) is 0 Å². The number of anilines is 1. The Labute approximate surface area is 284 Å². The van der Waals surface area contributed by atoms with Crippen molar-refractivity contribution in [2.75, 3.05) is 18.4 Å². The van der Waals surface area contributed by atoms with Crippen LogP contribution in [-0.4, -0.2) is 55.8 Å². The number of piperidine rings is 1. The van der Waals surface area contributed by atoms with E-state index in [1.54, 1.807) is 53.4 Å². The quantitative estimate of drug-likeness (QED) is 0.273. The minimum absolute atomic E-state index is 0.00971. The van der Waals surface area contributed by atoms with Gasteiger partial charge in [-0.15, -0.1) is 0 Å². The number of rotatable bonds is 6. The minimum Gasteiger partial charge on any atom is -0.444 e. The fourth-order valence-electron chi connectivity index (χ4n) is 5.89. The molecule has 4 rings (SSSR count). The van der Waals surface area contributed by atoms with Crippen LogP contribution in [-0.2, 0) is 22.2 Å². The van der Waals surface area contributed by atoms with Crippen molar-refractivity contribution in [3.63, 3.8) is 0 Å². The molecule has 13 heteroatoms. The SMILES string of the molecule is CC(=O)N1CCC(O)(c2cc3c(N[C@H](C)c4cccc(C(F)F)c4F)nc(C)c(C#CC(C)(C)NC(=O)OC(C)(C)C)c3n(C)c2=O)CC1. The monoisotopic (exact) mass is 683 g/mol. The first-order valence-electron chi connectivity index (χ1n) is 16.0. The van der Waals surface area contributed by atoms with Gasteiger partial charge in [0.1, 0.15) is 17.2 Å². The van der Waals surface area contributed by atoms with Crippen LogP contribution in [0.4, 0.5) is 23.8 Å². The normalized spacial score (nSPS) is 15.4. The van der Waals surface area contributed by atoms with Crippen molar-refractivity contribution in [3.8, 4) is 11.8 Å². The van der Waals surface area contributed by atoms with Gasteiger partial charge in [0.25, 0.3) is 12.0 Å². The zero-order valence-electron chi connectivity index (χ0n) is 29.3. The number of benzene rings is 1. The predicted octanol–water partition coefficient (Wildman–Crippen LogP) is 5.98. The molecule has 1 aromatic carbocycles. The van der Waals surface area contributed by atoms with Crippen LogP contribution >= 0.6 is 0 Å². The molecule has 0 radical (unpaired) electrons. The number of amides is 2. The number of halogens is 3. The molecule has 10 nitrogen and oxygen atoms in total. The zero-order chi connectivity index (χ0) is 36.6. The number of alkyl carbamates (subject to hydrolysis) is 1. The molecule has 3 aromatic rings. The van der Waals surface area contributed by atoms with Crippen molar-refractivity contribution in [1.29, 1.82) is 0 Å². The molecule has 0 spiro atoms. The first kappa shape index (κ1) is 37.3. The Balaban J connectivity index is 1.90. The number of carbonyl (C=O) groups is 2. The molecule has 0 bridgehead atoms. The van der Waals surface area contributed by atoms with Crippen molar-refractivity contribution < 1.29 is 32.6 Å². The average molecular weight is 684 g/mol. The van der Waals surface area contributed by atoms with Gasteiger partial charge in [-0.25, -0.2) is 22.9 Å². The summed E-state index contributed by atoms with van der Waals surface area (Å²) in [6.07, 6.45) is -3.43. The smallest absolute Gasteiger partial charge is 0.408 e. The molecule has 0 unspecified atom stereocenters. The molecule has 2 amide bonds. The van der Waals surface area contributed by atoms with E-state index in [4.69, 9.17) is 9.72 Å². The highest BCUT2D eigenvalue weighted by Crippen LogP contribution is 2.36. The van der Waals surface area contributed by atoms with Gasteiger partial charge < -0.3 is 29.9 Å². The number of aryl methyl sites for hydroxylation is 2. The predicted molar refractivity (Wildman–Crippen MR) is 181 cm³/mol. The summed E-state index contributed by atoms with van der Waals surface area (Å²) in [6, 6.07) is 4.47. The molecular weight excluding hydrogens is 639 g/mol. The maximum atomic E-state index is 15.2. The van der Waals surface area contributed by atoms with Gasteiger partial charge in [0, 0.05) is 43.6 Å². The largest absolute Gasteiger partial charge is 0.444 e. The van der Waals surface area contributed by atoms with Gasteiger partial charge in [-0.05, 0) is 67.4 Å². The second kappa shape index (κ2) is 13.7. The van der Waals surface area contributed by atoms with Gasteiger partial charge in [0.05, 0.1) is 39.5 Å². The molecule has 0 aliphatic carbocycles. The zero-order valence-corrected chi connectivity index (χ0v) is 29.3. The highest BCUT2D eigenvalue weighted by Gasteiger charge is 2.38. The number of hydrogen-bond acceptors (Lipinski definition) is 7. The third kappa shape index (κ3) is 8.19. The molecule has 1 fully saturated rings. The Hall–Kier alpha value is -4.57. The molecule has 3 N–H and O–H groups in total. The van der Waals surface area contributed by atoms with Crippen LogP contribution < -0.4 is 16.2 Å². The summed E-state index contributed by atoms with van der Waals surface area (Å²) in [7, 11) is 1.54. The lowest BCUT2D eigenvalue weighted by Gasteiger charge is -2.38. The second-order valence-electron chi connectivity index (χ2n) is 14.1. The molecule has 1 atom stereocenters. The molecule has 49 heavy (non-hydrogen) atoms.